The van der Waals surface area contributed by atoms with Gasteiger partial charge in [-0.15, -0.1) is 0 Å². The summed E-state index contributed by atoms with van der Waals surface area (Å²) in [6.45, 7) is 3.99. The number of nitrogens with one attached hydrogen (secondary N) is 1. The summed E-state index contributed by atoms with van der Waals surface area (Å²) in [6.07, 6.45) is 0.306. The average molecular weight is 388 g/mol. The van der Waals surface area contributed by atoms with Crippen molar-refractivity contribution >= 4 is 33.4 Å². The van der Waals surface area contributed by atoms with Gasteiger partial charge in [0.05, 0.1) is 5.25 Å². The number of carbonyl (C=O) groups excluding carboxylic acids is 2. The maximum absolute atomic E-state index is 12.7. The molecule has 1 aliphatic heterocycles. The van der Waals surface area contributed by atoms with Crippen LogP contribution in [0, 0.1) is 5.92 Å². The molecule has 138 valence electrons. The first-order valence-electron chi connectivity index (χ1n) is 7.96. The lowest BCUT2D eigenvalue weighted by molar-refractivity contribution is -0.133. The lowest BCUT2D eigenvalue weighted by Gasteiger charge is -2.27. The molecule has 25 heavy (non-hydrogen) atoms. The number of benzene rings is 1. The Morgan fingerprint density at radius 1 is 1.28 bits per heavy atom. The summed E-state index contributed by atoms with van der Waals surface area (Å²) in [5.41, 5.74) is 0.395. The second kappa shape index (κ2) is 7.72. The maximum atomic E-state index is 12.7. The van der Waals surface area contributed by atoms with Crippen LogP contribution >= 0.6 is 11.6 Å². The van der Waals surface area contributed by atoms with Gasteiger partial charge in [-0.2, -0.15) is 0 Å². The van der Waals surface area contributed by atoms with E-state index in [-0.39, 0.29) is 24.3 Å². The number of nitrogens with zero attached hydrogens (tertiary/aromatic N) is 1. The highest BCUT2D eigenvalue weighted by Gasteiger charge is 2.37. The molecule has 2 amide bonds. The predicted octanol–water partition coefficient (Wildman–Crippen LogP) is 0.984. The minimum absolute atomic E-state index is 0.0533. The van der Waals surface area contributed by atoms with Gasteiger partial charge in [-0.05, 0) is 36.6 Å². The summed E-state index contributed by atoms with van der Waals surface area (Å²) in [4.78, 5) is 26.6. The highest BCUT2D eigenvalue weighted by molar-refractivity contribution is 7.89. The van der Waals surface area contributed by atoms with Crippen molar-refractivity contribution in [1.29, 1.82) is 0 Å². The molecule has 7 nitrogen and oxygen atoms in total. The minimum Gasteiger partial charge on any atom is -0.340 e. The van der Waals surface area contributed by atoms with E-state index in [4.69, 9.17) is 16.7 Å². The van der Waals surface area contributed by atoms with Crippen LogP contribution in [0.15, 0.2) is 24.3 Å². The molecule has 0 saturated carbocycles. The van der Waals surface area contributed by atoms with Gasteiger partial charge in [-0.25, -0.2) is 13.6 Å². The molecular formula is C16H22ClN3O4S. The molecular weight excluding hydrogens is 366 g/mol. The number of rotatable bonds is 5. The summed E-state index contributed by atoms with van der Waals surface area (Å²) in [5.74, 6) is -0.841. The molecule has 0 bridgehead atoms. The molecule has 0 spiro atoms. The van der Waals surface area contributed by atoms with Crippen molar-refractivity contribution in [2.75, 3.05) is 13.1 Å². The average Bonchev–Trinajstić information content (AvgIpc) is 3.02. The molecule has 9 heteroatoms. The van der Waals surface area contributed by atoms with Crippen LogP contribution in [0.3, 0.4) is 0 Å². The van der Waals surface area contributed by atoms with E-state index in [0.717, 1.165) is 0 Å². The Bertz CT molecular complexity index is 749. The Morgan fingerprint density at radius 3 is 2.36 bits per heavy atom. The first-order valence-corrected chi connectivity index (χ1v) is 9.95. The maximum Gasteiger partial charge on any atom is 0.251 e. The van der Waals surface area contributed by atoms with E-state index in [1.54, 1.807) is 24.3 Å². The topological polar surface area (TPSA) is 110 Å². The second-order valence-electron chi connectivity index (χ2n) is 6.49. The fourth-order valence-corrected chi connectivity index (χ4v) is 3.68. The summed E-state index contributed by atoms with van der Waals surface area (Å²) in [7, 11) is -3.68. The number of nitrogens with two attached hydrogens (primary N) is 1. The molecule has 2 atom stereocenters. The van der Waals surface area contributed by atoms with E-state index >= 15 is 0 Å². The molecule has 1 fully saturated rings. The van der Waals surface area contributed by atoms with Crippen molar-refractivity contribution < 1.29 is 18.0 Å². The van der Waals surface area contributed by atoms with Gasteiger partial charge in [0.2, 0.25) is 15.9 Å². The highest BCUT2D eigenvalue weighted by atomic mass is 35.5. The van der Waals surface area contributed by atoms with Crippen molar-refractivity contribution in [3.05, 3.63) is 34.9 Å². The Hall–Kier alpha value is -1.64. The Balaban J connectivity index is 2.09. The van der Waals surface area contributed by atoms with Gasteiger partial charge in [0.15, 0.2) is 0 Å². The number of carbonyl (C=O) groups is 2. The Labute approximate surface area is 152 Å². The zero-order valence-electron chi connectivity index (χ0n) is 14.1. The molecule has 1 aromatic rings. The molecule has 2 unspecified atom stereocenters. The Kier molecular flexibility index (Phi) is 6.08. The third-order valence-corrected chi connectivity index (χ3v) is 5.81. The molecule has 3 N–H and O–H groups in total. The van der Waals surface area contributed by atoms with Crippen LogP contribution in [-0.2, 0) is 14.8 Å². The Morgan fingerprint density at radius 2 is 1.88 bits per heavy atom. The van der Waals surface area contributed by atoms with E-state index in [9.17, 15) is 18.0 Å². The normalized spacial score (nSPS) is 19.1. The predicted molar refractivity (Wildman–Crippen MR) is 95.6 cm³/mol. The van der Waals surface area contributed by atoms with Crippen LogP contribution in [-0.4, -0.2) is 49.5 Å². The number of hydrogen-bond acceptors (Lipinski definition) is 4. The number of amides is 2. The molecule has 0 radical (unpaired) electrons. The molecule has 1 aliphatic rings. The third kappa shape index (κ3) is 4.93. The smallest absolute Gasteiger partial charge is 0.251 e. The van der Waals surface area contributed by atoms with Gasteiger partial charge < -0.3 is 10.2 Å². The van der Waals surface area contributed by atoms with E-state index in [2.05, 4.69) is 5.32 Å². The fourth-order valence-electron chi connectivity index (χ4n) is 2.73. The summed E-state index contributed by atoms with van der Waals surface area (Å²) >= 11 is 5.81. The molecule has 1 aromatic carbocycles. The van der Waals surface area contributed by atoms with Crippen LogP contribution in [0.5, 0.6) is 0 Å². The zero-order chi connectivity index (χ0) is 18.8. The zero-order valence-corrected chi connectivity index (χ0v) is 15.7. The van der Waals surface area contributed by atoms with Gasteiger partial charge in [-0.1, -0.05) is 25.4 Å². The third-order valence-electron chi connectivity index (χ3n) is 4.25. The molecule has 0 aliphatic carbocycles. The lowest BCUT2D eigenvalue weighted by Crippen LogP contribution is -2.51. The molecule has 1 saturated heterocycles. The van der Waals surface area contributed by atoms with Gasteiger partial charge in [0, 0.05) is 23.7 Å². The van der Waals surface area contributed by atoms with E-state index in [1.165, 1.54) is 4.90 Å². The van der Waals surface area contributed by atoms with E-state index in [0.29, 0.717) is 23.6 Å². The van der Waals surface area contributed by atoms with Crippen molar-refractivity contribution in [2.24, 2.45) is 11.1 Å². The number of sulfonamides is 1. The summed E-state index contributed by atoms with van der Waals surface area (Å²) < 4.78 is 22.9. The van der Waals surface area contributed by atoms with Crippen molar-refractivity contribution in [1.82, 2.24) is 10.2 Å². The molecule has 2 rings (SSSR count). The lowest BCUT2D eigenvalue weighted by atomic mass is 10.0. The van der Waals surface area contributed by atoms with Gasteiger partial charge >= 0.3 is 0 Å². The minimum atomic E-state index is -3.68. The fraction of sp³-hybridized carbons (Fsp3) is 0.500. The second-order valence-corrected chi connectivity index (χ2v) is 8.77. The van der Waals surface area contributed by atoms with Crippen molar-refractivity contribution in [2.45, 2.75) is 31.6 Å². The van der Waals surface area contributed by atoms with Gasteiger partial charge in [-0.3, -0.25) is 9.59 Å². The highest BCUT2D eigenvalue weighted by Crippen LogP contribution is 2.18. The number of primary sulfonamides is 1. The largest absolute Gasteiger partial charge is 0.340 e. The first-order chi connectivity index (χ1) is 11.6. The standard InChI is InChI=1S/C16H22ClN3O4S/c1-10(2)14(19-15(21)11-3-5-12(17)6-4-11)16(22)20-8-7-13(9-20)25(18,23)24/h3-6,10,13-14H,7-9H2,1-2H3,(H,19,21)(H2,18,23,24). The first kappa shape index (κ1) is 19.7. The monoisotopic (exact) mass is 387 g/mol. The number of likely N-dealkylation sites (tertiary alicyclic amines) is 1. The van der Waals surface area contributed by atoms with Gasteiger partial charge in [0.1, 0.15) is 6.04 Å². The van der Waals surface area contributed by atoms with Crippen LogP contribution < -0.4 is 10.5 Å². The van der Waals surface area contributed by atoms with Crippen molar-refractivity contribution in [3.8, 4) is 0 Å². The summed E-state index contributed by atoms with van der Waals surface area (Å²) in [6, 6.07) is 5.60. The van der Waals surface area contributed by atoms with Crippen LogP contribution in [0.25, 0.3) is 0 Å². The van der Waals surface area contributed by atoms with Crippen LogP contribution in [0.4, 0.5) is 0 Å². The molecule has 0 aromatic heterocycles. The van der Waals surface area contributed by atoms with Crippen molar-refractivity contribution in [3.63, 3.8) is 0 Å². The summed E-state index contributed by atoms with van der Waals surface area (Å²) in [5, 5.41) is 7.65. The number of hydrogen-bond donors (Lipinski definition) is 2. The van der Waals surface area contributed by atoms with Crippen LogP contribution in [0.1, 0.15) is 30.6 Å². The quantitative estimate of drug-likeness (QED) is 0.784. The molecule has 1 heterocycles. The van der Waals surface area contributed by atoms with E-state index < -0.39 is 21.3 Å². The van der Waals surface area contributed by atoms with Gasteiger partial charge in [0.25, 0.3) is 5.91 Å². The van der Waals surface area contributed by atoms with Crippen LogP contribution in [0.2, 0.25) is 5.02 Å². The van der Waals surface area contributed by atoms with E-state index in [1.807, 2.05) is 13.8 Å². The number of halogens is 1. The SMILES string of the molecule is CC(C)C(NC(=O)c1ccc(Cl)cc1)C(=O)N1CCC(S(N)(=O)=O)C1.